The van der Waals surface area contributed by atoms with Crippen LogP contribution in [0.1, 0.15) is 26.3 Å². The molecule has 0 atom stereocenters. The van der Waals surface area contributed by atoms with Gasteiger partial charge < -0.3 is 9.47 Å². The molecule has 3 aromatic rings. The van der Waals surface area contributed by atoms with E-state index in [4.69, 9.17) is 14.6 Å². The topological polar surface area (TPSA) is 65.4 Å². The number of hydrogen-bond acceptors (Lipinski definition) is 5. The third-order valence-electron chi connectivity index (χ3n) is 4.68. The Morgan fingerprint density at radius 1 is 1.10 bits per heavy atom. The van der Waals surface area contributed by atoms with Crippen LogP contribution in [0.3, 0.4) is 0 Å². The Balaban J connectivity index is 1.93. The molecule has 0 fully saturated rings. The second kappa shape index (κ2) is 8.92. The molecule has 0 saturated heterocycles. The summed E-state index contributed by atoms with van der Waals surface area (Å²) in [6.07, 6.45) is 1.99. The average Bonchev–Trinajstić information content (AvgIpc) is 3.17. The van der Waals surface area contributed by atoms with Crippen molar-refractivity contribution in [2.24, 2.45) is 0 Å². The molecule has 0 bridgehead atoms. The molecular weight excluding hydrogens is 366 g/mol. The summed E-state index contributed by atoms with van der Waals surface area (Å²) in [6, 6.07) is 17.7. The normalized spacial score (nSPS) is 11.3. The molecule has 6 heteroatoms. The number of nitrogens with one attached hydrogen (secondary N) is 1. The van der Waals surface area contributed by atoms with Crippen LogP contribution < -0.4 is 10.1 Å². The lowest BCUT2D eigenvalue weighted by molar-refractivity contribution is -0.149. The van der Waals surface area contributed by atoms with E-state index in [1.165, 1.54) is 0 Å². The van der Waals surface area contributed by atoms with Gasteiger partial charge in [0.15, 0.2) is 0 Å². The average molecular weight is 393 g/mol. The summed E-state index contributed by atoms with van der Waals surface area (Å²) >= 11 is 0. The van der Waals surface area contributed by atoms with Crippen LogP contribution >= 0.6 is 0 Å². The summed E-state index contributed by atoms with van der Waals surface area (Å²) in [5.74, 6) is 0.515. The third kappa shape index (κ3) is 4.84. The predicted molar refractivity (Wildman–Crippen MR) is 113 cm³/mol. The number of ether oxygens (including phenoxy) is 2. The van der Waals surface area contributed by atoms with E-state index < -0.39 is 5.54 Å². The first-order chi connectivity index (χ1) is 13.9. The third-order valence-corrected chi connectivity index (χ3v) is 4.68. The number of hydrogen-bond donors (Lipinski definition) is 1. The number of nitrogens with zero attached hydrogens (tertiary/aromatic N) is 2. The number of rotatable bonds is 8. The minimum absolute atomic E-state index is 0.276. The molecule has 0 amide bonds. The van der Waals surface area contributed by atoms with Crippen molar-refractivity contribution in [3.63, 3.8) is 0 Å². The molecule has 1 heterocycles. The van der Waals surface area contributed by atoms with Gasteiger partial charge >= 0.3 is 5.97 Å². The molecule has 0 unspecified atom stereocenters. The van der Waals surface area contributed by atoms with Crippen LogP contribution in [-0.2, 0) is 16.1 Å². The van der Waals surface area contributed by atoms with Crippen molar-refractivity contribution in [2.75, 3.05) is 13.7 Å². The van der Waals surface area contributed by atoms with Crippen LogP contribution in [-0.4, -0.2) is 35.0 Å². The van der Waals surface area contributed by atoms with Gasteiger partial charge in [0, 0.05) is 23.9 Å². The molecule has 0 radical (unpaired) electrons. The number of methoxy groups -OCH3 is 1. The zero-order valence-electron chi connectivity index (χ0n) is 17.3. The Hall–Kier alpha value is -3.12. The van der Waals surface area contributed by atoms with Gasteiger partial charge in [-0.3, -0.25) is 10.1 Å². The Kier molecular flexibility index (Phi) is 6.34. The van der Waals surface area contributed by atoms with E-state index >= 15 is 0 Å². The van der Waals surface area contributed by atoms with Crippen molar-refractivity contribution in [1.82, 2.24) is 15.1 Å². The lowest BCUT2D eigenvalue weighted by Crippen LogP contribution is -2.47. The molecule has 0 aliphatic heterocycles. The van der Waals surface area contributed by atoms with Crippen molar-refractivity contribution >= 4 is 5.97 Å². The second-order valence-electron chi connectivity index (χ2n) is 7.21. The summed E-state index contributed by atoms with van der Waals surface area (Å²) in [5.41, 5.74) is 2.98. The highest BCUT2D eigenvalue weighted by Gasteiger charge is 2.29. The van der Waals surface area contributed by atoms with E-state index in [2.05, 4.69) is 5.32 Å². The Morgan fingerprint density at radius 2 is 1.79 bits per heavy atom. The van der Waals surface area contributed by atoms with E-state index in [1.807, 2.05) is 79.3 Å². The van der Waals surface area contributed by atoms with Gasteiger partial charge in [-0.05, 0) is 57.2 Å². The summed E-state index contributed by atoms with van der Waals surface area (Å²) < 4.78 is 12.3. The molecule has 0 aliphatic carbocycles. The van der Waals surface area contributed by atoms with Crippen LogP contribution in [0.15, 0.2) is 60.8 Å². The van der Waals surface area contributed by atoms with Crippen LogP contribution in [0.25, 0.3) is 16.9 Å². The maximum atomic E-state index is 12.2. The van der Waals surface area contributed by atoms with E-state index in [9.17, 15) is 4.79 Å². The molecule has 1 aromatic heterocycles. The zero-order chi connectivity index (χ0) is 20.9. The highest BCUT2D eigenvalue weighted by atomic mass is 16.5. The van der Waals surface area contributed by atoms with Crippen molar-refractivity contribution in [3.8, 4) is 22.7 Å². The maximum absolute atomic E-state index is 12.2. The minimum Gasteiger partial charge on any atom is -0.497 e. The molecule has 29 heavy (non-hydrogen) atoms. The molecule has 2 aromatic carbocycles. The number of benzene rings is 2. The van der Waals surface area contributed by atoms with Gasteiger partial charge in [-0.15, -0.1) is 0 Å². The molecule has 152 valence electrons. The van der Waals surface area contributed by atoms with Crippen molar-refractivity contribution in [3.05, 3.63) is 66.4 Å². The van der Waals surface area contributed by atoms with Gasteiger partial charge in [-0.25, -0.2) is 4.68 Å². The molecule has 0 saturated carbocycles. The molecule has 6 nitrogen and oxygen atoms in total. The number of carbonyl (C=O) groups excluding carboxylic acids is 1. The first-order valence-corrected chi connectivity index (χ1v) is 9.65. The summed E-state index contributed by atoms with van der Waals surface area (Å²) in [4.78, 5) is 12.2. The van der Waals surface area contributed by atoms with E-state index in [0.717, 1.165) is 28.3 Å². The first kappa shape index (κ1) is 20.6. The predicted octanol–water partition coefficient (Wildman–Crippen LogP) is 3.98. The van der Waals surface area contributed by atoms with E-state index in [0.29, 0.717) is 13.2 Å². The molecule has 0 spiro atoms. The number of aromatic nitrogens is 2. The monoisotopic (exact) mass is 393 g/mol. The van der Waals surface area contributed by atoms with Gasteiger partial charge in [-0.2, -0.15) is 5.10 Å². The highest BCUT2D eigenvalue weighted by Crippen LogP contribution is 2.26. The SMILES string of the molecule is CCOC(=O)C(C)(C)NCc1cn(-c2ccccc2)nc1-c1ccc(OC)cc1. The fourth-order valence-electron chi connectivity index (χ4n) is 2.94. The van der Waals surface area contributed by atoms with Crippen molar-refractivity contribution in [2.45, 2.75) is 32.9 Å². The first-order valence-electron chi connectivity index (χ1n) is 9.65. The molecule has 0 aliphatic rings. The molecule has 3 rings (SSSR count). The van der Waals surface area contributed by atoms with Gasteiger partial charge in [-0.1, -0.05) is 18.2 Å². The van der Waals surface area contributed by atoms with Crippen LogP contribution in [0.2, 0.25) is 0 Å². The maximum Gasteiger partial charge on any atom is 0.325 e. The summed E-state index contributed by atoms with van der Waals surface area (Å²) in [6.45, 7) is 6.27. The smallest absolute Gasteiger partial charge is 0.325 e. The minimum atomic E-state index is -0.804. The number of esters is 1. The van der Waals surface area contributed by atoms with E-state index in [-0.39, 0.29) is 5.97 Å². The van der Waals surface area contributed by atoms with Crippen LogP contribution in [0, 0.1) is 0 Å². The number of carbonyl (C=O) groups is 1. The zero-order valence-corrected chi connectivity index (χ0v) is 17.3. The van der Waals surface area contributed by atoms with Crippen LogP contribution in [0.5, 0.6) is 5.75 Å². The molecule has 1 N–H and O–H groups in total. The second-order valence-corrected chi connectivity index (χ2v) is 7.21. The Bertz CT molecular complexity index is 947. The summed E-state index contributed by atoms with van der Waals surface area (Å²) in [5, 5.41) is 8.11. The fraction of sp³-hybridized carbons (Fsp3) is 0.304. The van der Waals surface area contributed by atoms with Gasteiger partial charge in [0.05, 0.1) is 25.1 Å². The highest BCUT2D eigenvalue weighted by molar-refractivity contribution is 5.79. The molecular formula is C23H27N3O3. The van der Waals surface area contributed by atoms with Gasteiger partial charge in [0.2, 0.25) is 0 Å². The Morgan fingerprint density at radius 3 is 2.41 bits per heavy atom. The number of para-hydroxylation sites is 1. The van der Waals surface area contributed by atoms with Crippen molar-refractivity contribution in [1.29, 1.82) is 0 Å². The lowest BCUT2D eigenvalue weighted by atomic mass is 10.0. The fourth-order valence-corrected chi connectivity index (χ4v) is 2.94. The van der Waals surface area contributed by atoms with Gasteiger partial charge in [0.1, 0.15) is 11.3 Å². The van der Waals surface area contributed by atoms with Crippen LogP contribution in [0.4, 0.5) is 0 Å². The largest absolute Gasteiger partial charge is 0.497 e. The standard InChI is InChI=1S/C23H27N3O3/c1-5-29-22(27)23(2,3)24-15-18-16-26(19-9-7-6-8-10-19)25-21(18)17-11-13-20(28-4)14-12-17/h6-14,16,24H,5,15H2,1-4H3. The quantitative estimate of drug-likeness (QED) is 0.587. The Labute approximate surface area is 171 Å². The van der Waals surface area contributed by atoms with Crippen molar-refractivity contribution < 1.29 is 14.3 Å². The van der Waals surface area contributed by atoms with E-state index in [1.54, 1.807) is 14.0 Å². The van der Waals surface area contributed by atoms with Gasteiger partial charge in [0.25, 0.3) is 0 Å². The summed E-state index contributed by atoms with van der Waals surface area (Å²) in [7, 11) is 1.64. The lowest BCUT2D eigenvalue weighted by Gasteiger charge is -2.23.